The van der Waals surface area contributed by atoms with Crippen LogP contribution in [-0.4, -0.2) is 54.8 Å². The van der Waals surface area contributed by atoms with Crippen molar-refractivity contribution in [1.29, 1.82) is 0 Å². The maximum Gasteiger partial charge on any atom is 0.220 e. The highest BCUT2D eigenvalue weighted by Gasteiger charge is 2.27. The van der Waals surface area contributed by atoms with Crippen LogP contribution in [0.5, 0.6) is 11.5 Å². The second kappa shape index (κ2) is 11.2. The molecule has 2 aliphatic rings. The Morgan fingerprint density at radius 3 is 2.72 bits per heavy atom. The average Bonchev–Trinajstić information content (AvgIpc) is 3.25. The van der Waals surface area contributed by atoms with E-state index in [0.717, 1.165) is 37.9 Å². The first-order valence-electron chi connectivity index (χ1n) is 10.9. The van der Waals surface area contributed by atoms with Gasteiger partial charge in [-0.15, -0.1) is 0 Å². The summed E-state index contributed by atoms with van der Waals surface area (Å²) in [7, 11) is 0. The maximum atomic E-state index is 12.5. The summed E-state index contributed by atoms with van der Waals surface area (Å²) in [5, 5.41) is 14.2. The van der Waals surface area contributed by atoms with E-state index in [0.29, 0.717) is 37.7 Å². The molecule has 3 rings (SSSR count). The fraction of sp³-hybridized carbons (Fsp3) is 0.609. The van der Waals surface area contributed by atoms with Gasteiger partial charge in [0.1, 0.15) is 19.3 Å². The van der Waals surface area contributed by atoms with Crippen LogP contribution in [0.3, 0.4) is 0 Å². The number of amides is 1. The Morgan fingerprint density at radius 2 is 1.97 bits per heavy atom. The van der Waals surface area contributed by atoms with Crippen LogP contribution in [-0.2, 0) is 4.79 Å². The molecule has 1 aromatic rings. The Morgan fingerprint density at radius 1 is 1.21 bits per heavy atom. The number of rotatable bonds is 10. The molecule has 0 unspecified atom stereocenters. The fourth-order valence-electron chi connectivity index (χ4n) is 3.94. The minimum absolute atomic E-state index is 0.00580. The van der Waals surface area contributed by atoms with Crippen LogP contribution >= 0.6 is 0 Å². The van der Waals surface area contributed by atoms with E-state index in [9.17, 15) is 9.90 Å². The van der Waals surface area contributed by atoms with Crippen molar-refractivity contribution in [2.45, 2.75) is 57.6 Å². The molecule has 160 valence electrons. The third-order valence-corrected chi connectivity index (χ3v) is 5.55. The first kappa shape index (κ1) is 21.7. The largest absolute Gasteiger partial charge is 0.486 e. The number of ether oxygens (including phenoxy) is 2. The summed E-state index contributed by atoms with van der Waals surface area (Å²) in [4.78, 5) is 14.8. The van der Waals surface area contributed by atoms with Crippen molar-refractivity contribution in [3.05, 3.63) is 35.9 Å². The van der Waals surface area contributed by atoms with Gasteiger partial charge < -0.3 is 24.8 Å². The second-order valence-corrected chi connectivity index (χ2v) is 7.84. The normalized spacial score (nSPS) is 18.7. The number of likely N-dealkylation sites (tertiary alicyclic amines) is 1. The molecule has 1 saturated heterocycles. The van der Waals surface area contributed by atoms with Crippen molar-refractivity contribution in [2.24, 2.45) is 0 Å². The molecule has 2 heterocycles. The van der Waals surface area contributed by atoms with Gasteiger partial charge in [0.15, 0.2) is 11.5 Å². The third kappa shape index (κ3) is 6.47. The van der Waals surface area contributed by atoms with E-state index in [1.54, 1.807) is 0 Å². The minimum atomic E-state index is -0.793. The minimum Gasteiger partial charge on any atom is -0.486 e. The number of carbonyl (C=O) groups excluding carboxylic acids is 1. The molecule has 6 heteroatoms. The van der Waals surface area contributed by atoms with Gasteiger partial charge in [-0.25, -0.2) is 0 Å². The predicted octanol–water partition coefficient (Wildman–Crippen LogP) is 3.21. The van der Waals surface area contributed by atoms with Gasteiger partial charge in [0.25, 0.3) is 0 Å². The Hall–Kier alpha value is -2.05. The third-order valence-electron chi connectivity index (χ3n) is 5.55. The van der Waals surface area contributed by atoms with Gasteiger partial charge in [-0.3, -0.25) is 4.79 Å². The molecule has 1 aromatic carbocycles. The molecular weight excluding hydrogens is 368 g/mol. The number of allylic oxidation sites excluding steroid dienone is 2. The summed E-state index contributed by atoms with van der Waals surface area (Å²) in [6, 6.07) is 5.18. The molecule has 0 spiro atoms. The molecular formula is C23H34N2O4. The topological polar surface area (TPSA) is 71.0 Å². The van der Waals surface area contributed by atoms with Crippen LogP contribution in [0.25, 0.3) is 0 Å². The number of hydrogen-bond donors (Lipinski definition) is 2. The highest BCUT2D eigenvalue weighted by Crippen LogP contribution is 2.33. The zero-order valence-electron chi connectivity index (χ0n) is 17.4. The molecule has 0 radical (unpaired) electrons. The van der Waals surface area contributed by atoms with Crippen molar-refractivity contribution in [2.75, 3.05) is 32.8 Å². The Balaban J connectivity index is 1.63. The lowest BCUT2D eigenvalue weighted by atomic mass is 10.0. The van der Waals surface area contributed by atoms with Gasteiger partial charge in [-0.2, -0.15) is 0 Å². The number of aliphatic hydroxyl groups is 1. The number of unbranched alkanes of at least 4 members (excludes halogenated alkanes) is 2. The molecule has 6 nitrogen and oxygen atoms in total. The Bertz CT molecular complexity index is 685. The van der Waals surface area contributed by atoms with Gasteiger partial charge in [0.2, 0.25) is 5.91 Å². The molecule has 0 bridgehead atoms. The molecule has 29 heavy (non-hydrogen) atoms. The first-order valence-corrected chi connectivity index (χ1v) is 10.9. The van der Waals surface area contributed by atoms with Crippen molar-refractivity contribution in [1.82, 2.24) is 10.2 Å². The summed E-state index contributed by atoms with van der Waals surface area (Å²) in [5.41, 5.74) is 0.742. The quantitative estimate of drug-likeness (QED) is 0.465. The van der Waals surface area contributed by atoms with Crippen molar-refractivity contribution >= 4 is 5.91 Å². The number of fused-ring (bicyclic) bond motifs is 1. The molecule has 0 saturated carbocycles. The number of nitrogens with one attached hydrogen (secondary N) is 1. The van der Waals surface area contributed by atoms with E-state index in [1.807, 2.05) is 31.2 Å². The second-order valence-electron chi connectivity index (χ2n) is 7.84. The van der Waals surface area contributed by atoms with E-state index in [1.165, 1.54) is 12.8 Å². The van der Waals surface area contributed by atoms with E-state index in [2.05, 4.69) is 16.3 Å². The van der Waals surface area contributed by atoms with Crippen LogP contribution in [0.15, 0.2) is 30.4 Å². The smallest absolute Gasteiger partial charge is 0.220 e. The van der Waals surface area contributed by atoms with Gasteiger partial charge in [-0.1, -0.05) is 18.2 Å². The summed E-state index contributed by atoms with van der Waals surface area (Å²) < 4.78 is 11.2. The highest BCUT2D eigenvalue weighted by molar-refractivity contribution is 5.76. The number of carbonyl (C=O) groups is 1. The monoisotopic (exact) mass is 402 g/mol. The number of aliphatic hydroxyl groups excluding tert-OH is 1. The molecule has 0 aliphatic carbocycles. The number of benzene rings is 1. The maximum absolute atomic E-state index is 12.5. The number of nitrogens with zero attached hydrogens (tertiary/aromatic N) is 1. The van der Waals surface area contributed by atoms with Crippen LogP contribution in [0, 0.1) is 0 Å². The standard InChI is InChI=1S/C23H34N2O4/c1-2-3-4-5-6-9-22(26)24-19(17-25-12-7-8-13-25)23(27)18-10-11-20-21(16-18)29-15-14-28-20/h2-3,10-11,16,19,23,27H,4-9,12-15,17H2,1H3,(H,24,26)/b3-2+/t19-,23-/m1/s1. The molecule has 2 N–H and O–H groups in total. The lowest BCUT2D eigenvalue weighted by molar-refractivity contribution is -0.123. The van der Waals surface area contributed by atoms with Crippen LogP contribution < -0.4 is 14.8 Å². The number of hydrogen-bond acceptors (Lipinski definition) is 5. The van der Waals surface area contributed by atoms with Gasteiger partial charge >= 0.3 is 0 Å². The lowest BCUT2D eigenvalue weighted by Gasteiger charge is -2.29. The molecule has 0 aromatic heterocycles. The van der Waals surface area contributed by atoms with Crippen molar-refractivity contribution < 1.29 is 19.4 Å². The summed E-state index contributed by atoms with van der Waals surface area (Å²) in [5.74, 6) is 1.36. The Kier molecular flexibility index (Phi) is 8.38. The highest BCUT2D eigenvalue weighted by atomic mass is 16.6. The SMILES string of the molecule is C/C=C/CCCCC(=O)N[C@H](CN1CCCC1)[C@H](O)c1ccc2c(c1)OCCO2. The van der Waals surface area contributed by atoms with E-state index in [4.69, 9.17) is 9.47 Å². The summed E-state index contributed by atoms with van der Waals surface area (Å²) in [6.45, 7) is 5.74. The van der Waals surface area contributed by atoms with Gasteiger partial charge in [-0.05, 0) is 69.8 Å². The van der Waals surface area contributed by atoms with E-state index in [-0.39, 0.29) is 11.9 Å². The van der Waals surface area contributed by atoms with Gasteiger partial charge in [0.05, 0.1) is 6.04 Å². The van der Waals surface area contributed by atoms with E-state index >= 15 is 0 Å². The zero-order valence-corrected chi connectivity index (χ0v) is 17.4. The first-order chi connectivity index (χ1) is 14.2. The van der Waals surface area contributed by atoms with Crippen molar-refractivity contribution in [3.63, 3.8) is 0 Å². The van der Waals surface area contributed by atoms with Gasteiger partial charge in [0, 0.05) is 13.0 Å². The molecule has 1 fully saturated rings. The molecule has 1 amide bonds. The average molecular weight is 403 g/mol. The lowest BCUT2D eigenvalue weighted by Crippen LogP contribution is -2.46. The molecule has 2 aliphatic heterocycles. The predicted molar refractivity (Wildman–Crippen MR) is 113 cm³/mol. The molecule has 2 atom stereocenters. The zero-order chi connectivity index (χ0) is 20.5. The summed E-state index contributed by atoms with van der Waals surface area (Å²) >= 11 is 0. The van der Waals surface area contributed by atoms with Crippen LogP contribution in [0.4, 0.5) is 0 Å². The van der Waals surface area contributed by atoms with E-state index < -0.39 is 6.10 Å². The fourth-order valence-corrected chi connectivity index (χ4v) is 3.94. The van der Waals surface area contributed by atoms with Crippen LogP contribution in [0.2, 0.25) is 0 Å². The van der Waals surface area contributed by atoms with Crippen molar-refractivity contribution in [3.8, 4) is 11.5 Å². The Labute approximate surface area is 173 Å². The van der Waals surface area contributed by atoms with Crippen LogP contribution in [0.1, 0.15) is 57.1 Å². The summed E-state index contributed by atoms with van der Waals surface area (Å²) in [6.07, 6.45) is 9.06.